The van der Waals surface area contributed by atoms with Gasteiger partial charge in [-0.3, -0.25) is 4.79 Å². The highest BCUT2D eigenvalue weighted by Gasteiger charge is 2.45. The van der Waals surface area contributed by atoms with Crippen molar-refractivity contribution in [3.63, 3.8) is 0 Å². The van der Waals surface area contributed by atoms with Gasteiger partial charge >= 0.3 is 5.97 Å². The average molecular weight is 303 g/mol. The smallest absolute Gasteiger partial charge is 0.329 e. The van der Waals surface area contributed by atoms with E-state index in [2.05, 4.69) is 38.2 Å². The van der Waals surface area contributed by atoms with Gasteiger partial charge in [0.05, 0.1) is 0 Å². The monoisotopic (exact) mass is 303 g/mol. The van der Waals surface area contributed by atoms with Crippen molar-refractivity contribution in [2.24, 2.45) is 0 Å². The van der Waals surface area contributed by atoms with Crippen LogP contribution in [0.25, 0.3) is 0 Å². The molecule has 4 nitrogen and oxygen atoms in total. The zero-order chi connectivity index (χ0) is 16.4. The predicted octanol–water partition coefficient (Wildman–Crippen LogP) is 3.04. The van der Waals surface area contributed by atoms with E-state index in [0.29, 0.717) is 25.7 Å². The van der Waals surface area contributed by atoms with Crippen molar-refractivity contribution in [2.45, 2.75) is 63.8 Å². The number of hydrogen-bond acceptors (Lipinski definition) is 2. The number of benzene rings is 1. The van der Waals surface area contributed by atoms with Crippen LogP contribution in [0.2, 0.25) is 0 Å². The summed E-state index contributed by atoms with van der Waals surface area (Å²) in [6.45, 7) is 6.50. The van der Waals surface area contributed by atoms with Gasteiger partial charge in [-0.1, -0.05) is 45.0 Å². The minimum Gasteiger partial charge on any atom is -0.480 e. The van der Waals surface area contributed by atoms with Gasteiger partial charge in [0.1, 0.15) is 5.54 Å². The van der Waals surface area contributed by atoms with Gasteiger partial charge in [-0.25, -0.2) is 4.79 Å². The molecule has 120 valence electrons. The van der Waals surface area contributed by atoms with Crippen LogP contribution in [0.5, 0.6) is 0 Å². The van der Waals surface area contributed by atoms with Crippen LogP contribution in [0.1, 0.15) is 57.6 Å². The SMILES string of the molecule is CC(C)(C)c1ccc(CCC(=O)NC2(C(=O)O)CCC2)cc1. The summed E-state index contributed by atoms with van der Waals surface area (Å²) in [5.41, 5.74) is 1.47. The first-order chi connectivity index (χ1) is 10.2. The molecule has 1 aromatic rings. The van der Waals surface area contributed by atoms with Crippen LogP contribution in [-0.4, -0.2) is 22.5 Å². The maximum absolute atomic E-state index is 12.0. The number of amides is 1. The molecule has 1 aliphatic carbocycles. The van der Waals surface area contributed by atoms with Gasteiger partial charge in [-0.15, -0.1) is 0 Å². The third-order valence-electron chi connectivity index (χ3n) is 4.46. The van der Waals surface area contributed by atoms with Gasteiger partial charge in [0.15, 0.2) is 0 Å². The molecule has 1 aliphatic rings. The molecule has 1 saturated carbocycles. The summed E-state index contributed by atoms with van der Waals surface area (Å²) in [6.07, 6.45) is 2.89. The van der Waals surface area contributed by atoms with Gasteiger partial charge in [-0.2, -0.15) is 0 Å². The number of carbonyl (C=O) groups is 2. The van der Waals surface area contributed by atoms with Crippen LogP contribution < -0.4 is 5.32 Å². The Hall–Kier alpha value is -1.84. The van der Waals surface area contributed by atoms with Crippen LogP contribution in [0, 0.1) is 0 Å². The van der Waals surface area contributed by atoms with Gasteiger partial charge in [0.2, 0.25) is 5.91 Å². The molecule has 1 aromatic carbocycles. The number of carboxylic acids is 1. The lowest BCUT2D eigenvalue weighted by atomic mass is 9.76. The van der Waals surface area contributed by atoms with Crippen molar-refractivity contribution in [2.75, 3.05) is 0 Å². The molecule has 0 spiro atoms. The van der Waals surface area contributed by atoms with Crippen molar-refractivity contribution >= 4 is 11.9 Å². The molecule has 4 heteroatoms. The van der Waals surface area contributed by atoms with Crippen molar-refractivity contribution in [1.82, 2.24) is 5.32 Å². The largest absolute Gasteiger partial charge is 0.480 e. The minimum absolute atomic E-state index is 0.119. The molecule has 0 saturated heterocycles. The average Bonchev–Trinajstić information content (AvgIpc) is 2.39. The quantitative estimate of drug-likeness (QED) is 0.878. The summed E-state index contributed by atoms with van der Waals surface area (Å²) in [4.78, 5) is 23.2. The standard InChI is InChI=1S/C18H25NO3/c1-17(2,3)14-8-5-13(6-9-14)7-10-15(20)19-18(16(21)22)11-4-12-18/h5-6,8-9H,4,7,10-12H2,1-3H3,(H,19,20)(H,21,22). The highest BCUT2D eigenvalue weighted by atomic mass is 16.4. The Labute approximate surface area is 131 Å². The number of nitrogens with one attached hydrogen (secondary N) is 1. The van der Waals surface area contributed by atoms with Crippen LogP contribution in [0.15, 0.2) is 24.3 Å². The van der Waals surface area contributed by atoms with E-state index in [1.165, 1.54) is 5.56 Å². The Bertz CT molecular complexity index is 551. The topological polar surface area (TPSA) is 66.4 Å². The predicted molar refractivity (Wildman–Crippen MR) is 85.8 cm³/mol. The van der Waals surface area contributed by atoms with E-state index in [-0.39, 0.29) is 11.3 Å². The lowest BCUT2D eigenvalue weighted by Crippen LogP contribution is -2.59. The second kappa shape index (κ2) is 6.11. The maximum atomic E-state index is 12.0. The highest BCUT2D eigenvalue weighted by molar-refractivity contribution is 5.87. The Morgan fingerprint density at radius 3 is 2.18 bits per heavy atom. The Morgan fingerprint density at radius 2 is 1.77 bits per heavy atom. The number of hydrogen-bond donors (Lipinski definition) is 2. The van der Waals surface area contributed by atoms with Crippen molar-refractivity contribution < 1.29 is 14.7 Å². The van der Waals surface area contributed by atoms with Crippen LogP contribution >= 0.6 is 0 Å². The third kappa shape index (κ3) is 3.67. The number of aliphatic carboxylic acids is 1. The van der Waals surface area contributed by atoms with E-state index in [0.717, 1.165) is 12.0 Å². The normalized spacial score (nSPS) is 16.7. The van der Waals surface area contributed by atoms with E-state index < -0.39 is 11.5 Å². The van der Waals surface area contributed by atoms with Gasteiger partial charge in [-0.05, 0) is 42.2 Å². The fourth-order valence-electron chi connectivity index (χ4n) is 2.68. The summed E-state index contributed by atoms with van der Waals surface area (Å²) in [7, 11) is 0. The minimum atomic E-state index is -1.01. The van der Waals surface area contributed by atoms with Crippen molar-refractivity contribution in [1.29, 1.82) is 0 Å². The molecule has 2 rings (SSSR count). The summed E-state index contributed by atoms with van der Waals surface area (Å²) < 4.78 is 0. The van der Waals surface area contributed by atoms with Gasteiger partial charge in [0, 0.05) is 6.42 Å². The lowest BCUT2D eigenvalue weighted by Gasteiger charge is -2.38. The molecule has 0 aliphatic heterocycles. The first-order valence-corrected chi connectivity index (χ1v) is 7.87. The molecule has 0 unspecified atom stereocenters. The second-order valence-corrected chi connectivity index (χ2v) is 7.24. The molecule has 0 atom stereocenters. The first kappa shape index (κ1) is 16.5. The molecule has 1 fully saturated rings. The van der Waals surface area contributed by atoms with Crippen LogP contribution in [0.3, 0.4) is 0 Å². The maximum Gasteiger partial charge on any atom is 0.329 e. The molecule has 0 radical (unpaired) electrons. The van der Waals surface area contributed by atoms with Crippen molar-refractivity contribution in [3.8, 4) is 0 Å². The van der Waals surface area contributed by atoms with Crippen LogP contribution in [0.4, 0.5) is 0 Å². The number of carbonyl (C=O) groups excluding carboxylic acids is 1. The molecular weight excluding hydrogens is 278 g/mol. The van der Waals surface area contributed by atoms with Gasteiger partial charge < -0.3 is 10.4 Å². The molecular formula is C18H25NO3. The lowest BCUT2D eigenvalue weighted by molar-refractivity contribution is -0.151. The zero-order valence-electron chi connectivity index (χ0n) is 13.6. The molecule has 0 bridgehead atoms. The summed E-state index contributed by atoms with van der Waals surface area (Å²) in [5, 5.41) is 11.9. The summed E-state index contributed by atoms with van der Waals surface area (Å²) in [6, 6.07) is 8.28. The molecule has 22 heavy (non-hydrogen) atoms. The molecule has 1 amide bonds. The molecule has 0 aromatic heterocycles. The zero-order valence-corrected chi connectivity index (χ0v) is 13.6. The first-order valence-electron chi connectivity index (χ1n) is 7.87. The van der Waals surface area contributed by atoms with E-state index in [1.54, 1.807) is 0 Å². The van der Waals surface area contributed by atoms with Gasteiger partial charge in [0.25, 0.3) is 0 Å². The van der Waals surface area contributed by atoms with Crippen molar-refractivity contribution in [3.05, 3.63) is 35.4 Å². The summed E-state index contributed by atoms with van der Waals surface area (Å²) in [5.74, 6) is -1.09. The third-order valence-corrected chi connectivity index (χ3v) is 4.46. The number of carboxylic acid groups (broad SMARTS) is 1. The number of rotatable bonds is 5. The van der Waals surface area contributed by atoms with E-state index in [9.17, 15) is 14.7 Å². The fraction of sp³-hybridized carbons (Fsp3) is 0.556. The van der Waals surface area contributed by atoms with Crippen LogP contribution in [-0.2, 0) is 21.4 Å². The van der Waals surface area contributed by atoms with E-state index >= 15 is 0 Å². The second-order valence-electron chi connectivity index (χ2n) is 7.24. The fourth-order valence-corrected chi connectivity index (χ4v) is 2.68. The molecule has 0 heterocycles. The Kier molecular flexibility index (Phi) is 4.59. The van der Waals surface area contributed by atoms with E-state index in [4.69, 9.17) is 0 Å². The number of aryl methyl sites for hydroxylation is 1. The Morgan fingerprint density at radius 1 is 1.18 bits per heavy atom. The van der Waals surface area contributed by atoms with E-state index in [1.807, 2.05) is 12.1 Å². The highest BCUT2D eigenvalue weighted by Crippen LogP contribution is 2.32. The summed E-state index contributed by atoms with van der Waals surface area (Å²) >= 11 is 0. The molecule has 2 N–H and O–H groups in total. The Balaban J connectivity index is 1.87.